The summed E-state index contributed by atoms with van der Waals surface area (Å²) in [6.45, 7) is 1.13. The first-order valence-electron chi connectivity index (χ1n) is 10.8. The number of carbonyl (C=O) groups excluding carboxylic acids is 1. The normalized spacial score (nSPS) is 24.4. The van der Waals surface area contributed by atoms with Gasteiger partial charge in [-0.15, -0.1) is 0 Å². The van der Waals surface area contributed by atoms with Crippen molar-refractivity contribution in [1.82, 2.24) is 9.55 Å². The number of benzene rings is 2. The zero-order chi connectivity index (χ0) is 22.4. The number of para-hydroxylation sites is 1. The van der Waals surface area contributed by atoms with Crippen LogP contribution in [0.2, 0.25) is 0 Å². The van der Waals surface area contributed by atoms with Crippen LogP contribution in [0.4, 0.5) is 24.8 Å². The minimum atomic E-state index is -1.12. The van der Waals surface area contributed by atoms with E-state index in [9.17, 15) is 18.0 Å². The molecule has 32 heavy (non-hydrogen) atoms. The van der Waals surface area contributed by atoms with Gasteiger partial charge in [-0.1, -0.05) is 18.2 Å². The Bertz CT molecular complexity index is 1150. The van der Waals surface area contributed by atoms with Crippen LogP contribution < -0.4 is 15.5 Å². The van der Waals surface area contributed by atoms with Gasteiger partial charge in [-0.2, -0.15) is 0 Å². The third kappa shape index (κ3) is 3.50. The number of hydrogen-bond donors (Lipinski definition) is 1. The van der Waals surface area contributed by atoms with E-state index in [4.69, 9.17) is 5.73 Å². The lowest BCUT2D eigenvalue weighted by Crippen LogP contribution is -2.51. The minimum Gasteiger partial charge on any atom is -0.340 e. The number of piperidine rings is 2. The van der Waals surface area contributed by atoms with Crippen LogP contribution in [0.15, 0.2) is 42.5 Å². The molecule has 9 heteroatoms. The molecule has 2 aromatic carbocycles. The number of nitrogens with zero attached hydrogens (tertiary/aromatic N) is 4. The molecule has 5 rings (SSSR count). The predicted molar refractivity (Wildman–Crippen MR) is 116 cm³/mol. The number of hydrogen-bond acceptors (Lipinski definition) is 4. The van der Waals surface area contributed by atoms with E-state index in [0.717, 1.165) is 24.2 Å². The summed E-state index contributed by atoms with van der Waals surface area (Å²) >= 11 is 0. The number of imidazole rings is 1. The standard InChI is InChI=1S/C23H24F3N5O/c24-15-8-10-29(13-18(15)27)23-28-19-11-16(25)17(26)12-21(19)31(23)20-7-4-9-30(22(20)32)14-5-2-1-3-6-14/h1-3,5-6,11-12,15,18,20H,4,7-10,13,27H2/t15-,18-,20?/m1/s1. The zero-order valence-electron chi connectivity index (χ0n) is 17.4. The van der Waals surface area contributed by atoms with Gasteiger partial charge < -0.3 is 15.5 Å². The van der Waals surface area contributed by atoms with Crippen molar-refractivity contribution in [3.05, 3.63) is 54.1 Å². The molecule has 1 amide bonds. The number of carbonyl (C=O) groups is 1. The zero-order valence-corrected chi connectivity index (χ0v) is 17.4. The van der Waals surface area contributed by atoms with E-state index in [2.05, 4.69) is 4.98 Å². The van der Waals surface area contributed by atoms with E-state index in [1.807, 2.05) is 35.2 Å². The van der Waals surface area contributed by atoms with Gasteiger partial charge in [0.25, 0.3) is 0 Å². The van der Waals surface area contributed by atoms with Crippen molar-refractivity contribution in [2.75, 3.05) is 29.4 Å². The maximum Gasteiger partial charge on any atom is 0.250 e. The lowest BCUT2D eigenvalue weighted by atomic mass is 10.0. The Labute approximate surface area is 183 Å². The highest BCUT2D eigenvalue weighted by Gasteiger charge is 2.36. The number of rotatable bonds is 3. The topological polar surface area (TPSA) is 67.4 Å². The lowest BCUT2D eigenvalue weighted by molar-refractivity contribution is -0.122. The summed E-state index contributed by atoms with van der Waals surface area (Å²) in [7, 11) is 0. The van der Waals surface area contributed by atoms with Crippen molar-refractivity contribution >= 4 is 28.6 Å². The molecule has 1 unspecified atom stereocenters. The second kappa shape index (κ2) is 8.12. The molecule has 168 valence electrons. The molecule has 3 atom stereocenters. The van der Waals surface area contributed by atoms with E-state index in [-0.39, 0.29) is 24.4 Å². The van der Waals surface area contributed by atoms with Gasteiger partial charge in [0, 0.05) is 37.5 Å². The van der Waals surface area contributed by atoms with Gasteiger partial charge >= 0.3 is 0 Å². The van der Waals surface area contributed by atoms with Crippen LogP contribution in [-0.2, 0) is 4.79 Å². The van der Waals surface area contributed by atoms with E-state index in [1.54, 1.807) is 9.47 Å². The molecule has 2 aliphatic heterocycles. The fourth-order valence-electron chi connectivity index (χ4n) is 4.70. The molecular formula is C23H24F3N5O. The number of amides is 1. The van der Waals surface area contributed by atoms with Gasteiger partial charge in [-0.3, -0.25) is 9.36 Å². The van der Waals surface area contributed by atoms with Gasteiger partial charge in [-0.25, -0.2) is 18.2 Å². The Balaban J connectivity index is 1.61. The molecule has 0 saturated carbocycles. The average molecular weight is 443 g/mol. The largest absolute Gasteiger partial charge is 0.340 e. The fourth-order valence-corrected chi connectivity index (χ4v) is 4.70. The van der Waals surface area contributed by atoms with Crippen LogP contribution in [0.1, 0.15) is 25.3 Å². The van der Waals surface area contributed by atoms with Gasteiger partial charge in [0.2, 0.25) is 11.9 Å². The summed E-state index contributed by atoms with van der Waals surface area (Å²) in [6.07, 6.45) is 0.372. The van der Waals surface area contributed by atoms with Crippen molar-refractivity contribution in [1.29, 1.82) is 0 Å². The summed E-state index contributed by atoms with van der Waals surface area (Å²) in [5.74, 6) is -1.76. The number of fused-ring (bicyclic) bond motifs is 1. The van der Waals surface area contributed by atoms with Crippen molar-refractivity contribution < 1.29 is 18.0 Å². The molecule has 0 radical (unpaired) electrons. The summed E-state index contributed by atoms with van der Waals surface area (Å²) in [4.78, 5) is 21.6. The molecule has 3 heterocycles. The molecule has 1 aromatic heterocycles. The van der Waals surface area contributed by atoms with Gasteiger partial charge in [0.05, 0.1) is 17.1 Å². The number of alkyl halides is 1. The SMILES string of the molecule is N[C@@H]1CN(c2nc3cc(F)c(F)cc3n2C2CCCN(c3ccccc3)C2=O)CC[C@H]1F. The Hall–Kier alpha value is -3.07. The molecule has 3 aromatic rings. The predicted octanol–water partition coefficient (Wildman–Crippen LogP) is 3.56. The number of aromatic nitrogens is 2. The highest BCUT2D eigenvalue weighted by Crippen LogP contribution is 2.36. The number of nitrogens with two attached hydrogens (primary N) is 1. The Morgan fingerprint density at radius 2 is 1.78 bits per heavy atom. The van der Waals surface area contributed by atoms with Gasteiger partial charge in [-0.05, 0) is 31.4 Å². The van der Waals surface area contributed by atoms with E-state index in [1.165, 1.54) is 0 Å². The van der Waals surface area contributed by atoms with Crippen molar-refractivity contribution in [2.24, 2.45) is 5.73 Å². The summed E-state index contributed by atoms with van der Waals surface area (Å²) in [5, 5.41) is 0. The van der Waals surface area contributed by atoms with Crippen LogP contribution in [0.5, 0.6) is 0 Å². The molecule has 2 N–H and O–H groups in total. The monoisotopic (exact) mass is 443 g/mol. The van der Waals surface area contributed by atoms with Crippen molar-refractivity contribution in [3.8, 4) is 0 Å². The highest BCUT2D eigenvalue weighted by atomic mass is 19.2. The van der Waals surface area contributed by atoms with Crippen molar-refractivity contribution in [2.45, 2.75) is 37.5 Å². The average Bonchev–Trinajstić information content (AvgIpc) is 3.14. The highest BCUT2D eigenvalue weighted by molar-refractivity contribution is 5.98. The number of anilines is 2. The Kier molecular flexibility index (Phi) is 5.28. The van der Waals surface area contributed by atoms with Crippen LogP contribution in [0, 0.1) is 11.6 Å². The Morgan fingerprint density at radius 1 is 1.03 bits per heavy atom. The maximum atomic E-state index is 14.2. The first-order chi connectivity index (χ1) is 15.4. The fraction of sp³-hybridized carbons (Fsp3) is 0.391. The molecule has 2 aliphatic rings. The van der Waals surface area contributed by atoms with Gasteiger partial charge in [0.1, 0.15) is 12.2 Å². The molecule has 0 spiro atoms. The maximum absolute atomic E-state index is 14.2. The second-order valence-electron chi connectivity index (χ2n) is 8.43. The third-order valence-corrected chi connectivity index (χ3v) is 6.36. The van der Waals surface area contributed by atoms with E-state index in [0.29, 0.717) is 31.0 Å². The molecule has 2 saturated heterocycles. The quantitative estimate of drug-likeness (QED) is 0.672. The summed E-state index contributed by atoms with van der Waals surface area (Å²) in [5.41, 5.74) is 7.32. The van der Waals surface area contributed by atoms with Crippen molar-refractivity contribution in [3.63, 3.8) is 0 Å². The summed E-state index contributed by atoms with van der Waals surface area (Å²) < 4.78 is 43.8. The number of halogens is 3. The molecular weight excluding hydrogens is 419 g/mol. The third-order valence-electron chi connectivity index (χ3n) is 6.36. The summed E-state index contributed by atoms with van der Waals surface area (Å²) in [6, 6.07) is 10.1. The van der Waals surface area contributed by atoms with E-state index < -0.39 is 29.9 Å². The Morgan fingerprint density at radius 3 is 2.53 bits per heavy atom. The van der Waals surface area contributed by atoms with Gasteiger partial charge in [0.15, 0.2) is 11.6 Å². The molecule has 6 nitrogen and oxygen atoms in total. The first kappa shape index (κ1) is 20.8. The van der Waals surface area contributed by atoms with Crippen LogP contribution >= 0.6 is 0 Å². The second-order valence-corrected chi connectivity index (χ2v) is 8.43. The lowest BCUT2D eigenvalue weighted by Gasteiger charge is -2.37. The van der Waals surface area contributed by atoms with Crippen LogP contribution in [-0.4, -0.2) is 47.3 Å². The first-order valence-corrected chi connectivity index (χ1v) is 10.8. The van der Waals surface area contributed by atoms with Crippen LogP contribution in [0.25, 0.3) is 11.0 Å². The minimum absolute atomic E-state index is 0.141. The molecule has 0 aliphatic carbocycles. The molecule has 2 fully saturated rings. The smallest absolute Gasteiger partial charge is 0.250 e. The van der Waals surface area contributed by atoms with Crippen LogP contribution in [0.3, 0.4) is 0 Å². The molecule has 0 bridgehead atoms. The van der Waals surface area contributed by atoms with E-state index >= 15 is 0 Å².